The normalized spacial score (nSPS) is 10.6. The van der Waals surface area contributed by atoms with Gasteiger partial charge in [-0.25, -0.2) is 9.07 Å². The van der Waals surface area contributed by atoms with Crippen molar-refractivity contribution in [1.29, 1.82) is 0 Å². The van der Waals surface area contributed by atoms with E-state index < -0.39 is 5.82 Å². The van der Waals surface area contributed by atoms with E-state index in [0.29, 0.717) is 5.69 Å². The molecule has 0 saturated heterocycles. The maximum Gasteiger partial charge on any atom is 0.214 e. The summed E-state index contributed by atoms with van der Waals surface area (Å²) in [4.78, 5) is 12.5. The van der Waals surface area contributed by atoms with Gasteiger partial charge in [0.15, 0.2) is 0 Å². The molecule has 0 aliphatic heterocycles. The standard InChI is InChI=1S/C15H9ClFN3O/c16-13-8-10(17)6-7-12(13)15(21)14-9-18-19-20(14)11-4-2-1-3-5-11/h1-9H. The van der Waals surface area contributed by atoms with Gasteiger partial charge in [-0.3, -0.25) is 4.79 Å². The van der Waals surface area contributed by atoms with Crippen molar-refractivity contribution in [2.24, 2.45) is 0 Å². The van der Waals surface area contributed by atoms with Crippen LogP contribution in [0.2, 0.25) is 5.02 Å². The topological polar surface area (TPSA) is 47.8 Å². The summed E-state index contributed by atoms with van der Waals surface area (Å²) in [5.41, 5.74) is 1.17. The molecule has 104 valence electrons. The smallest absolute Gasteiger partial charge is 0.214 e. The number of aromatic nitrogens is 3. The van der Waals surface area contributed by atoms with Crippen molar-refractivity contribution in [3.05, 3.63) is 76.8 Å². The van der Waals surface area contributed by atoms with E-state index in [4.69, 9.17) is 11.6 Å². The molecule has 0 N–H and O–H groups in total. The van der Waals surface area contributed by atoms with Crippen LogP contribution in [0.3, 0.4) is 0 Å². The third-order valence-electron chi connectivity index (χ3n) is 2.96. The third kappa shape index (κ3) is 2.55. The van der Waals surface area contributed by atoms with Gasteiger partial charge < -0.3 is 0 Å². The van der Waals surface area contributed by atoms with Crippen LogP contribution in [0.5, 0.6) is 0 Å². The quantitative estimate of drug-likeness (QED) is 0.697. The fourth-order valence-electron chi connectivity index (χ4n) is 1.96. The molecule has 6 heteroatoms. The van der Waals surface area contributed by atoms with Crippen LogP contribution in [-0.2, 0) is 0 Å². The van der Waals surface area contributed by atoms with E-state index in [1.54, 1.807) is 12.1 Å². The van der Waals surface area contributed by atoms with Crippen LogP contribution < -0.4 is 0 Å². The summed E-state index contributed by atoms with van der Waals surface area (Å²) in [6.07, 6.45) is 1.36. The minimum absolute atomic E-state index is 0.0563. The molecule has 21 heavy (non-hydrogen) atoms. The van der Waals surface area contributed by atoms with Crippen LogP contribution in [0, 0.1) is 5.82 Å². The zero-order valence-corrected chi connectivity index (χ0v) is 11.5. The van der Waals surface area contributed by atoms with Crippen molar-refractivity contribution in [2.75, 3.05) is 0 Å². The fourth-order valence-corrected chi connectivity index (χ4v) is 2.21. The second-order valence-electron chi connectivity index (χ2n) is 4.32. The number of ketones is 1. The van der Waals surface area contributed by atoms with Gasteiger partial charge in [0.2, 0.25) is 5.78 Å². The van der Waals surface area contributed by atoms with Crippen LogP contribution in [0.25, 0.3) is 5.69 Å². The molecule has 3 aromatic rings. The van der Waals surface area contributed by atoms with E-state index in [1.807, 2.05) is 18.2 Å². The Kier molecular flexibility index (Phi) is 3.50. The molecule has 2 aromatic carbocycles. The number of hydrogen-bond acceptors (Lipinski definition) is 3. The Morgan fingerprint density at radius 1 is 1.14 bits per heavy atom. The van der Waals surface area contributed by atoms with E-state index in [1.165, 1.54) is 23.0 Å². The monoisotopic (exact) mass is 301 g/mol. The van der Waals surface area contributed by atoms with E-state index >= 15 is 0 Å². The molecule has 0 radical (unpaired) electrons. The van der Waals surface area contributed by atoms with Crippen LogP contribution in [0.1, 0.15) is 16.1 Å². The maximum absolute atomic E-state index is 13.1. The van der Waals surface area contributed by atoms with Crippen LogP contribution in [-0.4, -0.2) is 20.8 Å². The number of rotatable bonds is 3. The highest BCUT2D eigenvalue weighted by molar-refractivity contribution is 6.34. The van der Waals surface area contributed by atoms with E-state index in [0.717, 1.165) is 6.07 Å². The number of halogens is 2. The maximum atomic E-state index is 13.1. The van der Waals surface area contributed by atoms with Gasteiger partial charge in [-0.1, -0.05) is 35.0 Å². The summed E-state index contributed by atoms with van der Waals surface area (Å²) in [6, 6.07) is 12.8. The van der Waals surface area contributed by atoms with Gasteiger partial charge in [-0.2, -0.15) is 0 Å². The lowest BCUT2D eigenvalue weighted by molar-refractivity contribution is 0.103. The Morgan fingerprint density at radius 2 is 1.90 bits per heavy atom. The summed E-state index contributed by atoms with van der Waals surface area (Å²) in [5, 5.41) is 7.73. The lowest BCUT2D eigenvalue weighted by atomic mass is 10.1. The van der Waals surface area contributed by atoms with Gasteiger partial charge in [0.05, 0.1) is 16.9 Å². The summed E-state index contributed by atoms with van der Waals surface area (Å²) < 4.78 is 14.5. The first-order chi connectivity index (χ1) is 10.2. The van der Waals surface area contributed by atoms with Crippen molar-refractivity contribution in [1.82, 2.24) is 15.0 Å². The number of nitrogens with zero attached hydrogens (tertiary/aromatic N) is 3. The SMILES string of the molecule is O=C(c1ccc(F)cc1Cl)c1cnnn1-c1ccccc1. The molecular formula is C15H9ClFN3O. The summed E-state index contributed by atoms with van der Waals surface area (Å²) in [5.74, 6) is -0.861. The van der Waals surface area contributed by atoms with Gasteiger partial charge in [0, 0.05) is 5.56 Å². The predicted molar refractivity (Wildman–Crippen MR) is 76.2 cm³/mol. The highest BCUT2D eigenvalue weighted by Gasteiger charge is 2.19. The minimum atomic E-state index is -0.494. The Bertz CT molecular complexity index is 802. The van der Waals surface area contributed by atoms with E-state index in [-0.39, 0.29) is 22.1 Å². The van der Waals surface area contributed by atoms with Gasteiger partial charge in [-0.05, 0) is 30.3 Å². The zero-order chi connectivity index (χ0) is 14.8. The van der Waals surface area contributed by atoms with Crippen LogP contribution in [0.15, 0.2) is 54.7 Å². The lowest BCUT2D eigenvalue weighted by Gasteiger charge is -2.06. The first-order valence-corrected chi connectivity index (χ1v) is 6.50. The first-order valence-electron chi connectivity index (χ1n) is 6.12. The zero-order valence-electron chi connectivity index (χ0n) is 10.7. The highest BCUT2D eigenvalue weighted by atomic mass is 35.5. The van der Waals surface area contributed by atoms with E-state index in [2.05, 4.69) is 10.3 Å². The number of hydrogen-bond donors (Lipinski definition) is 0. The minimum Gasteiger partial charge on any atom is -0.287 e. The molecule has 0 unspecified atom stereocenters. The van der Waals surface area contributed by atoms with Crippen molar-refractivity contribution in [3.63, 3.8) is 0 Å². The summed E-state index contributed by atoms with van der Waals surface area (Å²) in [6.45, 7) is 0. The van der Waals surface area contributed by atoms with Crippen molar-refractivity contribution in [2.45, 2.75) is 0 Å². The molecule has 4 nitrogen and oxygen atoms in total. The fraction of sp³-hybridized carbons (Fsp3) is 0. The Hall–Kier alpha value is -2.53. The molecule has 0 aliphatic carbocycles. The van der Waals surface area contributed by atoms with Gasteiger partial charge >= 0.3 is 0 Å². The summed E-state index contributed by atoms with van der Waals surface area (Å²) >= 11 is 5.93. The second-order valence-corrected chi connectivity index (χ2v) is 4.73. The molecular weight excluding hydrogens is 293 g/mol. The number of carbonyl (C=O) groups excluding carboxylic acids is 1. The average molecular weight is 302 g/mol. The van der Waals surface area contributed by atoms with Gasteiger partial charge in [-0.15, -0.1) is 5.10 Å². The molecule has 0 fully saturated rings. The number of para-hydroxylation sites is 1. The molecule has 0 atom stereocenters. The Labute approximate surface area is 124 Å². The van der Waals surface area contributed by atoms with Gasteiger partial charge in [0.25, 0.3) is 0 Å². The molecule has 1 heterocycles. The average Bonchev–Trinajstić information content (AvgIpc) is 2.97. The second kappa shape index (κ2) is 5.46. The molecule has 0 saturated carbocycles. The van der Waals surface area contributed by atoms with Crippen LogP contribution in [0.4, 0.5) is 4.39 Å². The van der Waals surface area contributed by atoms with Gasteiger partial charge in [0.1, 0.15) is 11.5 Å². The summed E-state index contributed by atoms with van der Waals surface area (Å²) in [7, 11) is 0. The Balaban J connectivity index is 2.06. The molecule has 0 spiro atoms. The molecule has 0 amide bonds. The van der Waals surface area contributed by atoms with Crippen molar-refractivity contribution >= 4 is 17.4 Å². The number of carbonyl (C=O) groups is 1. The van der Waals surface area contributed by atoms with E-state index in [9.17, 15) is 9.18 Å². The Morgan fingerprint density at radius 3 is 2.62 bits per heavy atom. The van der Waals surface area contributed by atoms with Crippen molar-refractivity contribution < 1.29 is 9.18 Å². The number of benzene rings is 2. The molecule has 3 rings (SSSR count). The highest BCUT2D eigenvalue weighted by Crippen LogP contribution is 2.21. The third-order valence-corrected chi connectivity index (χ3v) is 3.27. The molecule has 1 aromatic heterocycles. The molecule has 0 bridgehead atoms. The molecule has 0 aliphatic rings. The largest absolute Gasteiger partial charge is 0.287 e. The predicted octanol–water partition coefficient (Wildman–Crippen LogP) is 3.29. The lowest BCUT2D eigenvalue weighted by Crippen LogP contribution is -2.10. The first kappa shape index (κ1) is 13.5. The van der Waals surface area contributed by atoms with Crippen LogP contribution >= 0.6 is 11.6 Å². The van der Waals surface area contributed by atoms with Crippen molar-refractivity contribution in [3.8, 4) is 5.69 Å².